The number of ether oxygens (including phenoxy) is 1. The molecule has 0 fully saturated rings. The number of esters is 1. The van der Waals surface area contributed by atoms with E-state index in [4.69, 9.17) is 16.3 Å². The highest BCUT2D eigenvalue weighted by Gasteiger charge is 2.15. The molecule has 2 aromatic rings. The van der Waals surface area contributed by atoms with Crippen LogP contribution in [-0.2, 0) is 4.74 Å². The Kier molecular flexibility index (Phi) is 3.95. The van der Waals surface area contributed by atoms with Crippen LogP contribution in [0, 0.1) is 0 Å². The minimum atomic E-state index is -0.426. The Morgan fingerprint density at radius 1 is 1.22 bits per heavy atom. The Morgan fingerprint density at radius 2 is 1.89 bits per heavy atom. The van der Waals surface area contributed by atoms with Crippen molar-refractivity contribution in [1.29, 1.82) is 0 Å². The van der Waals surface area contributed by atoms with E-state index in [2.05, 4.69) is 4.98 Å². The van der Waals surface area contributed by atoms with Crippen molar-refractivity contribution in [1.82, 2.24) is 4.98 Å². The minimum Gasteiger partial charge on any atom is -0.454 e. The van der Waals surface area contributed by atoms with Gasteiger partial charge in [-0.15, -0.1) is 0 Å². The molecule has 3 nitrogen and oxygen atoms in total. The lowest BCUT2D eigenvalue weighted by atomic mass is 10.1. The van der Waals surface area contributed by atoms with Gasteiger partial charge in [-0.25, -0.2) is 4.79 Å². The van der Waals surface area contributed by atoms with E-state index >= 15 is 0 Å². The SMILES string of the molecule is C[C@H](OC(=O)c1ccccc1Cl)c1ccncc1. The van der Waals surface area contributed by atoms with E-state index in [1.54, 1.807) is 36.7 Å². The Bertz CT molecular complexity index is 543. The summed E-state index contributed by atoms with van der Waals surface area (Å²) >= 11 is 5.94. The van der Waals surface area contributed by atoms with Gasteiger partial charge in [0.2, 0.25) is 0 Å². The Morgan fingerprint density at radius 3 is 2.56 bits per heavy atom. The molecule has 0 unspecified atom stereocenters. The van der Waals surface area contributed by atoms with Gasteiger partial charge in [0.05, 0.1) is 10.6 Å². The number of halogens is 1. The van der Waals surface area contributed by atoms with Crippen LogP contribution in [0.2, 0.25) is 5.02 Å². The first-order valence-corrected chi connectivity index (χ1v) is 5.91. The van der Waals surface area contributed by atoms with Crippen molar-refractivity contribution in [3.05, 3.63) is 64.9 Å². The zero-order valence-corrected chi connectivity index (χ0v) is 10.6. The lowest BCUT2D eigenvalue weighted by Gasteiger charge is -2.13. The van der Waals surface area contributed by atoms with E-state index in [1.807, 2.05) is 19.1 Å². The molecular weight excluding hydrogens is 250 g/mol. The smallest absolute Gasteiger partial charge is 0.340 e. The van der Waals surface area contributed by atoms with Crippen LogP contribution in [0.1, 0.15) is 28.9 Å². The van der Waals surface area contributed by atoms with E-state index in [-0.39, 0.29) is 6.10 Å². The maximum Gasteiger partial charge on any atom is 0.340 e. The third-order valence-corrected chi connectivity index (χ3v) is 2.88. The predicted octanol–water partition coefficient (Wildman–Crippen LogP) is 3.65. The van der Waals surface area contributed by atoms with Crippen molar-refractivity contribution in [3.63, 3.8) is 0 Å². The van der Waals surface area contributed by atoms with E-state index in [0.717, 1.165) is 5.56 Å². The molecule has 0 aliphatic heterocycles. The first-order valence-electron chi connectivity index (χ1n) is 5.54. The number of rotatable bonds is 3. The maximum atomic E-state index is 11.9. The van der Waals surface area contributed by atoms with Gasteiger partial charge >= 0.3 is 5.97 Å². The van der Waals surface area contributed by atoms with Gasteiger partial charge in [-0.3, -0.25) is 4.98 Å². The van der Waals surface area contributed by atoms with Crippen LogP contribution in [0.4, 0.5) is 0 Å². The van der Waals surface area contributed by atoms with Crippen LogP contribution in [0.25, 0.3) is 0 Å². The van der Waals surface area contributed by atoms with Crippen LogP contribution >= 0.6 is 11.6 Å². The zero-order valence-electron chi connectivity index (χ0n) is 9.84. The molecule has 0 N–H and O–H groups in total. The van der Waals surface area contributed by atoms with Gasteiger partial charge < -0.3 is 4.74 Å². The highest BCUT2D eigenvalue weighted by atomic mass is 35.5. The summed E-state index contributed by atoms with van der Waals surface area (Å²) in [6, 6.07) is 10.4. The topological polar surface area (TPSA) is 39.2 Å². The molecule has 0 radical (unpaired) electrons. The van der Waals surface area contributed by atoms with Crippen molar-refractivity contribution >= 4 is 17.6 Å². The molecule has 0 saturated carbocycles. The maximum absolute atomic E-state index is 11.9. The zero-order chi connectivity index (χ0) is 13.0. The van der Waals surface area contributed by atoms with Crippen LogP contribution < -0.4 is 0 Å². The largest absolute Gasteiger partial charge is 0.454 e. The second-order valence-electron chi connectivity index (χ2n) is 3.81. The predicted molar refractivity (Wildman–Crippen MR) is 69.5 cm³/mol. The van der Waals surface area contributed by atoms with Gasteiger partial charge in [0.15, 0.2) is 0 Å². The van der Waals surface area contributed by atoms with Crippen LogP contribution in [0.15, 0.2) is 48.8 Å². The Labute approximate surface area is 110 Å². The molecule has 0 spiro atoms. The first-order chi connectivity index (χ1) is 8.68. The van der Waals surface area contributed by atoms with E-state index in [0.29, 0.717) is 10.6 Å². The Hall–Kier alpha value is -1.87. The fourth-order valence-electron chi connectivity index (χ4n) is 1.55. The average Bonchev–Trinajstić information content (AvgIpc) is 2.40. The molecule has 0 saturated heterocycles. The van der Waals surface area contributed by atoms with Gasteiger partial charge in [-0.2, -0.15) is 0 Å². The molecule has 18 heavy (non-hydrogen) atoms. The lowest BCUT2D eigenvalue weighted by Crippen LogP contribution is -2.09. The van der Waals surface area contributed by atoms with Crippen molar-refractivity contribution in [2.45, 2.75) is 13.0 Å². The number of pyridine rings is 1. The standard InChI is InChI=1S/C14H12ClNO2/c1-10(11-6-8-16-9-7-11)18-14(17)12-4-2-3-5-13(12)15/h2-10H,1H3/t10-/m0/s1. The summed E-state index contributed by atoms with van der Waals surface area (Å²) in [6.45, 7) is 1.81. The number of carbonyl (C=O) groups excluding carboxylic acids is 1. The monoisotopic (exact) mass is 261 g/mol. The molecule has 0 aliphatic carbocycles. The summed E-state index contributed by atoms with van der Waals surface area (Å²) in [6.07, 6.45) is 2.99. The average molecular weight is 262 g/mol. The summed E-state index contributed by atoms with van der Waals surface area (Å²) in [7, 11) is 0. The number of hydrogen-bond acceptors (Lipinski definition) is 3. The molecule has 92 valence electrons. The highest BCUT2D eigenvalue weighted by Crippen LogP contribution is 2.21. The van der Waals surface area contributed by atoms with E-state index < -0.39 is 5.97 Å². The molecule has 2 rings (SSSR count). The molecule has 0 amide bonds. The number of benzene rings is 1. The molecule has 1 atom stereocenters. The van der Waals surface area contributed by atoms with Crippen molar-refractivity contribution in [2.75, 3.05) is 0 Å². The molecule has 0 bridgehead atoms. The number of hydrogen-bond donors (Lipinski definition) is 0. The molecule has 1 aromatic heterocycles. The fraction of sp³-hybridized carbons (Fsp3) is 0.143. The van der Waals surface area contributed by atoms with E-state index in [9.17, 15) is 4.79 Å². The van der Waals surface area contributed by atoms with Gasteiger partial charge in [-0.1, -0.05) is 23.7 Å². The van der Waals surface area contributed by atoms with Crippen molar-refractivity contribution < 1.29 is 9.53 Å². The van der Waals surface area contributed by atoms with Crippen LogP contribution in [-0.4, -0.2) is 11.0 Å². The second-order valence-corrected chi connectivity index (χ2v) is 4.22. The minimum absolute atomic E-state index is 0.336. The van der Waals surface area contributed by atoms with Crippen molar-refractivity contribution in [3.8, 4) is 0 Å². The van der Waals surface area contributed by atoms with Gasteiger partial charge in [0.25, 0.3) is 0 Å². The first kappa shape index (κ1) is 12.6. The summed E-state index contributed by atoms with van der Waals surface area (Å²) in [5, 5.41) is 0.393. The summed E-state index contributed by atoms with van der Waals surface area (Å²) in [5.41, 5.74) is 1.27. The highest BCUT2D eigenvalue weighted by molar-refractivity contribution is 6.33. The molecular formula is C14H12ClNO2. The van der Waals surface area contributed by atoms with Gasteiger partial charge in [-0.05, 0) is 36.8 Å². The lowest BCUT2D eigenvalue weighted by molar-refractivity contribution is 0.0338. The van der Waals surface area contributed by atoms with Crippen molar-refractivity contribution in [2.24, 2.45) is 0 Å². The quantitative estimate of drug-likeness (QED) is 0.792. The molecule has 0 aliphatic rings. The second kappa shape index (κ2) is 5.65. The fourth-order valence-corrected chi connectivity index (χ4v) is 1.77. The van der Waals surface area contributed by atoms with Gasteiger partial charge in [0, 0.05) is 12.4 Å². The summed E-state index contributed by atoms with van der Waals surface area (Å²) < 4.78 is 5.35. The number of nitrogens with zero attached hydrogens (tertiary/aromatic N) is 1. The van der Waals surface area contributed by atoms with Crippen LogP contribution in [0.5, 0.6) is 0 Å². The van der Waals surface area contributed by atoms with E-state index in [1.165, 1.54) is 0 Å². The number of aromatic nitrogens is 1. The van der Waals surface area contributed by atoms with Crippen LogP contribution in [0.3, 0.4) is 0 Å². The third kappa shape index (κ3) is 2.87. The summed E-state index contributed by atoms with van der Waals surface area (Å²) in [4.78, 5) is 15.8. The summed E-state index contributed by atoms with van der Waals surface area (Å²) in [5.74, 6) is -0.426. The van der Waals surface area contributed by atoms with Gasteiger partial charge in [0.1, 0.15) is 6.10 Å². The Balaban J connectivity index is 2.11. The normalized spacial score (nSPS) is 11.9. The number of carbonyl (C=O) groups is 1. The molecule has 1 heterocycles. The molecule has 4 heteroatoms. The third-order valence-electron chi connectivity index (χ3n) is 2.55. The molecule has 1 aromatic carbocycles.